The molecule has 0 amide bonds. The fraction of sp³-hybridized carbons (Fsp3) is 0.680. The molecular formula is C25H38O3. The largest absolute Gasteiger partial charge is 0.507 e. The predicted molar refractivity (Wildman–Crippen MR) is 115 cm³/mol. The Morgan fingerprint density at radius 3 is 2.61 bits per heavy atom. The van der Waals surface area contributed by atoms with Crippen LogP contribution in [0.15, 0.2) is 23.8 Å². The molecule has 28 heavy (non-hydrogen) atoms. The minimum Gasteiger partial charge on any atom is -0.507 e. The van der Waals surface area contributed by atoms with E-state index in [9.17, 15) is 10.2 Å². The highest BCUT2D eigenvalue weighted by molar-refractivity contribution is 5.55. The first-order valence-corrected chi connectivity index (χ1v) is 11.1. The third kappa shape index (κ3) is 4.10. The minimum atomic E-state index is -0.286. The van der Waals surface area contributed by atoms with Crippen LogP contribution in [0.25, 0.3) is 0 Å². The zero-order valence-electron chi connectivity index (χ0n) is 18.3. The summed E-state index contributed by atoms with van der Waals surface area (Å²) < 4.78 is 6.47. The molecule has 3 heteroatoms. The van der Waals surface area contributed by atoms with Gasteiger partial charge in [0.2, 0.25) is 0 Å². The Morgan fingerprint density at radius 2 is 1.93 bits per heavy atom. The van der Waals surface area contributed by atoms with Crippen LogP contribution < -0.4 is 4.74 Å². The number of rotatable bonds is 7. The van der Waals surface area contributed by atoms with Crippen LogP contribution in [-0.4, -0.2) is 22.4 Å². The summed E-state index contributed by atoms with van der Waals surface area (Å²) >= 11 is 0. The number of benzene rings is 1. The molecule has 1 aliphatic carbocycles. The summed E-state index contributed by atoms with van der Waals surface area (Å²) in [5.41, 5.74) is 2.84. The van der Waals surface area contributed by atoms with Crippen molar-refractivity contribution in [1.82, 2.24) is 0 Å². The number of phenols is 1. The van der Waals surface area contributed by atoms with Crippen molar-refractivity contribution in [2.45, 2.75) is 96.5 Å². The Balaban J connectivity index is 1.96. The summed E-state index contributed by atoms with van der Waals surface area (Å²) in [4.78, 5) is 0. The maximum atomic E-state index is 11.0. The standard InChI is InChI=1S/C25H38O3/c1-6-7-8-9-12-24(2,3)18-14-21(27)23-19-13-17(16-26)10-11-20(19)25(4,5)28-22(23)15-18/h13-15,19-20,26-27H,6-12,16H2,1-5H3/t19?,20-/m1/s1. The minimum absolute atomic E-state index is 0.00324. The maximum Gasteiger partial charge on any atom is 0.127 e. The number of ether oxygens (including phenoxy) is 1. The van der Waals surface area contributed by atoms with E-state index in [0.717, 1.165) is 41.7 Å². The van der Waals surface area contributed by atoms with E-state index in [4.69, 9.17) is 4.74 Å². The number of hydrogen-bond donors (Lipinski definition) is 2. The Morgan fingerprint density at radius 1 is 1.18 bits per heavy atom. The highest BCUT2D eigenvalue weighted by Gasteiger charge is 2.45. The van der Waals surface area contributed by atoms with Crippen molar-refractivity contribution in [3.63, 3.8) is 0 Å². The summed E-state index contributed by atoms with van der Waals surface area (Å²) in [5.74, 6) is 1.58. The van der Waals surface area contributed by atoms with Crippen molar-refractivity contribution in [3.05, 3.63) is 34.9 Å². The molecule has 3 nitrogen and oxygen atoms in total. The molecule has 2 atom stereocenters. The van der Waals surface area contributed by atoms with Gasteiger partial charge in [-0.1, -0.05) is 52.5 Å². The second-order valence-electron chi connectivity index (χ2n) is 9.96. The van der Waals surface area contributed by atoms with Crippen molar-refractivity contribution < 1.29 is 14.9 Å². The van der Waals surface area contributed by atoms with E-state index < -0.39 is 0 Å². The summed E-state index contributed by atoms with van der Waals surface area (Å²) in [6, 6.07) is 4.12. The summed E-state index contributed by atoms with van der Waals surface area (Å²) in [6.07, 6.45) is 10.2. The molecule has 0 saturated heterocycles. The SMILES string of the molecule is CCCCCCC(C)(C)c1cc(O)c2c(c1)OC(C)(C)[C@@H]1CCC(CO)=CC21. The molecule has 0 aromatic heterocycles. The molecular weight excluding hydrogens is 348 g/mol. The predicted octanol–water partition coefficient (Wildman–Crippen LogP) is 6.22. The van der Waals surface area contributed by atoms with Gasteiger partial charge in [0.1, 0.15) is 17.1 Å². The third-order valence-corrected chi connectivity index (χ3v) is 6.98. The molecule has 0 bridgehead atoms. The second kappa shape index (κ2) is 8.10. The highest BCUT2D eigenvalue weighted by Crippen LogP contribution is 2.54. The molecule has 2 N–H and O–H groups in total. The van der Waals surface area contributed by atoms with Crippen LogP contribution in [0.3, 0.4) is 0 Å². The van der Waals surface area contributed by atoms with E-state index in [0.29, 0.717) is 11.7 Å². The number of phenolic OH excluding ortho intramolecular Hbond substituents is 1. The molecule has 156 valence electrons. The zero-order valence-corrected chi connectivity index (χ0v) is 18.3. The van der Waals surface area contributed by atoms with Crippen molar-refractivity contribution in [2.75, 3.05) is 6.61 Å². The fourth-order valence-corrected chi connectivity index (χ4v) is 5.09. The lowest BCUT2D eigenvalue weighted by Gasteiger charge is -2.47. The third-order valence-electron chi connectivity index (χ3n) is 6.98. The Bertz CT molecular complexity index is 730. The van der Waals surface area contributed by atoms with E-state index in [1.54, 1.807) is 0 Å². The molecule has 1 aliphatic heterocycles. The van der Waals surface area contributed by atoms with E-state index in [1.165, 1.54) is 25.7 Å². The zero-order chi connectivity index (χ0) is 20.5. The van der Waals surface area contributed by atoms with Crippen LogP contribution >= 0.6 is 0 Å². The fourth-order valence-electron chi connectivity index (χ4n) is 5.09. The molecule has 0 saturated carbocycles. The van der Waals surface area contributed by atoms with Gasteiger partial charge in [-0.3, -0.25) is 0 Å². The molecule has 0 radical (unpaired) electrons. The van der Waals surface area contributed by atoms with Crippen LogP contribution in [0.5, 0.6) is 11.5 Å². The summed E-state index contributed by atoms with van der Waals surface area (Å²) in [6.45, 7) is 11.2. The summed E-state index contributed by atoms with van der Waals surface area (Å²) in [5, 5.41) is 20.6. The monoisotopic (exact) mass is 386 g/mol. The lowest BCUT2D eigenvalue weighted by atomic mass is 9.67. The first-order chi connectivity index (χ1) is 13.2. The second-order valence-corrected chi connectivity index (χ2v) is 9.96. The quantitative estimate of drug-likeness (QED) is 0.432. The Hall–Kier alpha value is -1.48. The van der Waals surface area contributed by atoms with Crippen LogP contribution in [-0.2, 0) is 5.41 Å². The highest BCUT2D eigenvalue weighted by atomic mass is 16.5. The topological polar surface area (TPSA) is 49.7 Å². The summed E-state index contributed by atoms with van der Waals surface area (Å²) in [7, 11) is 0. The van der Waals surface area contributed by atoms with Gasteiger partial charge in [0.15, 0.2) is 0 Å². The van der Waals surface area contributed by atoms with Crippen LogP contribution in [0, 0.1) is 5.92 Å². The normalized spacial score (nSPS) is 23.4. The average Bonchev–Trinajstić information content (AvgIpc) is 2.63. The molecule has 3 rings (SSSR count). The number of aliphatic hydroxyl groups is 1. The average molecular weight is 387 g/mol. The Labute approximate surface area is 170 Å². The number of unbranched alkanes of at least 4 members (excludes halogenated alkanes) is 3. The van der Waals surface area contributed by atoms with Crippen LogP contribution in [0.1, 0.15) is 96.6 Å². The van der Waals surface area contributed by atoms with Crippen LogP contribution in [0.4, 0.5) is 0 Å². The molecule has 1 aromatic rings. The number of hydrogen-bond acceptors (Lipinski definition) is 3. The van der Waals surface area contributed by atoms with Gasteiger partial charge in [0.05, 0.1) is 6.61 Å². The van der Waals surface area contributed by atoms with Gasteiger partial charge in [-0.15, -0.1) is 0 Å². The molecule has 1 aromatic carbocycles. The maximum absolute atomic E-state index is 11.0. The number of allylic oxidation sites excluding steroid dienone is 1. The van der Waals surface area contributed by atoms with Gasteiger partial charge in [0, 0.05) is 17.4 Å². The number of aliphatic hydroxyl groups excluding tert-OH is 1. The van der Waals surface area contributed by atoms with Gasteiger partial charge in [-0.05, 0) is 61.8 Å². The van der Waals surface area contributed by atoms with Crippen molar-refractivity contribution in [3.8, 4) is 11.5 Å². The van der Waals surface area contributed by atoms with Crippen molar-refractivity contribution in [1.29, 1.82) is 0 Å². The van der Waals surface area contributed by atoms with E-state index in [-0.39, 0.29) is 23.5 Å². The van der Waals surface area contributed by atoms with Gasteiger partial charge >= 0.3 is 0 Å². The van der Waals surface area contributed by atoms with Gasteiger partial charge in [0.25, 0.3) is 0 Å². The smallest absolute Gasteiger partial charge is 0.127 e. The van der Waals surface area contributed by atoms with Crippen molar-refractivity contribution >= 4 is 0 Å². The first-order valence-electron chi connectivity index (χ1n) is 11.1. The van der Waals surface area contributed by atoms with Gasteiger partial charge < -0.3 is 14.9 Å². The van der Waals surface area contributed by atoms with Gasteiger partial charge in [-0.25, -0.2) is 0 Å². The first kappa shape index (κ1) is 21.2. The van der Waals surface area contributed by atoms with Crippen LogP contribution in [0.2, 0.25) is 0 Å². The molecule has 1 heterocycles. The lowest BCUT2D eigenvalue weighted by molar-refractivity contribution is 0.00992. The number of aromatic hydroxyl groups is 1. The van der Waals surface area contributed by atoms with Crippen molar-refractivity contribution in [2.24, 2.45) is 5.92 Å². The molecule has 0 spiro atoms. The van der Waals surface area contributed by atoms with E-state index >= 15 is 0 Å². The lowest BCUT2D eigenvalue weighted by Crippen LogP contribution is -2.45. The molecule has 2 aliphatic rings. The number of fused-ring (bicyclic) bond motifs is 3. The van der Waals surface area contributed by atoms with E-state index in [2.05, 4.69) is 46.8 Å². The van der Waals surface area contributed by atoms with E-state index in [1.807, 2.05) is 6.07 Å². The van der Waals surface area contributed by atoms with Gasteiger partial charge in [-0.2, -0.15) is 0 Å². The molecule has 1 unspecified atom stereocenters. The molecule has 0 fully saturated rings. The Kier molecular flexibility index (Phi) is 6.14.